The lowest BCUT2D eigenvalue weighted by Crippen LogP contribution is -2.49. The topological polar surface area (TPSA) is 49.8 Å². The van der Waals surface area contributed by atoms with Gasteiger partial charge in [-0.1, -0.05) is 12.8 Å². The number of terminal acetylenes is 1. The van der Waals surface area contributed by atoms with Crippen LogP contribution in [0.15, 0.2) is 24.3 Å². The van der Waals surface area contributed by atoms with E-state index in [1.54, 1.807) is 29.2 Å². The predicted molar refractivity (Wildman–Crippen MR) is 81.1 cm³/mol. The summed E-state index contributed by atoms with van der Waals surface area (Å²) < 4.78 is 5.29. The molecule has 1 N–H and O–H groups in total. The van der Waals surface area contributed by atoms with E-state index in [-0.39, 0.29) is 25.2 Å². The number of carbonyl (C=O) groups is 1. The van der Waals surface area contributed by atoms with Crippen LogP contribution in [0.3, 0.4) is 0 Å². The minimum absolute atomic E-state index is 0.0102. The molecule has 21 heavy (non-hydrogen) atoms. The van der Waals surface area contributed by atoms with Gasteiger partial charge in [0.25, 0.3) is 5.91 Å². The highest BCUT2D eigenvalue weighted by Gasteiger charge is 2.31. The molecule has 1 aliphatic rings. The monoisotopic (exact) mass is 287 g/mol. The fraction of sp³-hybridized carbons (Fsp3) is 0.471. The summed E-state index contributed by atoms with van der Waals surface area (Å²) in [6.07, 6.45) is 7.16. The maximum absolute atomic E-state index is 12.6. The molecule has 4 heteroatoms. The Morgan fingerprint density at radius 2 is 2.19 bits per heavy atom. The number of hydrogen-bond donors (Lipinski definition) is 1. The molecule has 1 heterocycles. The zero-order valence-corrected chi connectivity index (χ0v) is 12.3. The highest BCUT2D eigenvalue weighted by molar-refractivity contribution is 5.94. The van der Waals surface area contributed by atoms with E-state index in [9.17, 15) is 9.90 Å². The van der Waals surface area contributed by atoms with Crippen LogP contribution in [-0.4, -0.2) is 41.7 Å². The number of hydrogen-bond acceptors (Lipinski definition) is 3. The Morgan fingerprint density at radius 3 is 2.81 bits per heavy atom. The quantitative estimate of drug-likeness (QED) is 0.861. The number of rotatable bonds is 4. The molecule has 1 saturated heterocycles. The summed E-state index contributed by atoms with van der Waals surface area (Å²) in [4.78, 5) is 14.4. The van der Waals surface area contributed by atoms with Crippen molar-refractivity contribution in [3.8, 4) is 18.1 Å². The van der Waals surface area contributed by atoms with Gasteiger partial charge in [0.1, 0.15) is 12.4 Å². The van der Waals surface area contributed by atoms with E-state index in [0.29, 0.717) is 23.8 Å². The Labute approximate surface area is 125 Å². The van der Waals surface area contributed by atoms with Gasteiger partial charge in [-0.3, -0.25) is 4.79 Å². The van der Waals surface area contributed by atoms with Crippen LogP contribution in [0.1, 0.15) is 30.1 Å². The minimum atomic E-state index is -0.0939. The SMILES string of the molecule is C#CCOc1ccc(C(=O)N2CCCC(C)C2CO)cc1. The second kappa shape index (κ2) is 7.14. The molecule has 2 unspecified atom stereocenters. The van der Waals surface area contributed by atoms with Crippen molar-refractivity contribution < 1.29 is 14.6 Å². The number of aliphatic hydroxyl groups is 1. The molecule has 1 aliphatic heterocycles. The first-order chi connectivity index (χ1) is 10.2. The van der Waals surface area contributed by atoms with Crippen LogP contribution in [0, 0.1) is 18.3 Å². The van der Waals surface area contributed by atoms with E-state index in [1.165, 1.54) is 0 Å². The fourth-order valence-electron chi connectivity index (χ4n) is 2.76. The largest absolute Gasteiger partial charge is 0.481 e. The third-order valence-electron chi connectivity index (χ3n) is 3.99. The van der Waals surface area contributed by atoms with Crippen LogP contribution in [0.5, 0.6) is 5.75 Å². The van der Waals surface area contributed by atoms with Crippen molar-refractivity contribution in [3.63, 3.8) is 0 Å². The van der Waals surface area contributed by atoms with E-state index in [2.05, 4.69) is 12.8 Å². The maximum atomic E-state index is 12.6. The number of carbonyl (C=O) groups excluding carboxylic acids is 1. The zero-order valence-electron chi connectivity index (χ0n) is 12.3. The van der Waals surface area contributed by atoms with Gasteiger partial charge in [-0.15, -0.1) is 6.42 Å². The smallest absolute Gasteiger partial charge is 0.254 e. The van der Waals surface area contributed by atoms with Gasteiger partial charge < -0.3 is 14.7 Å². The van der Waals surface area contributed by atoms with Crippen LogP contribution >= 0.6 is 0 Å². The first kappa shape index (κ1) is 15.4. The Morgan fingerprint density at radius 1 is 1.48 bits per heavy atom. The summed E-state index contributed by atoms with van der Waals surface area (Å²) in [5.74, 6) is 3.33. The molecule has 4 nitrogen and oxygen atoms in total. The van der Waals surface area contributed by atoms with Crippen LogP contribution < -0.4 is 4.74 Å². The molecule has 1 amide bonds. The van der Waals surface area contributed by atoms with E-state index in [4.69, 9.17) is 11.2 Å². The number of ether oxygens (including phenoxy) is 1. The van der Waals surface area contributed by atoms with Crippen molar-refractivity contribution in [2.75, 3.05) is 19.8 Å². The first-order valence-corrected chi connectivity index (χ1v) is 7.25. The molecular formula is C17H21NO3. The molecule has 0 spiro atoms. The molecule has 1 aromatic carbocycles. The summed E-state index contributed by atoms with van der Waals surface area (Å²) in [5, 5.41) is 9.54. The third kappa shape index (κ3) is 3.56. The summed E-state index contributed by atoms with van der Waals surface area (Å²) in [6.45, 7) is 3.00. The molecule has 0 saturated carbocycles. The molecule has 112 valence electrons. The molecule has 0 bridgehead atoms. The van der Waals surface area contributed by atoms with Gasteiger partial charge in [0.2, 0.25) is 0 Å². The molecular weight excluding hydrogens is 266 g/mol. The number of likely N-dealkylation sites (tertiary alicyclic amines) is 1. The molecule has 0 aromatic heterocycles. The average molecular weight is 287 g/mol. The third-order valence-corrected chi connectivity index (χ3v) is 3.99. The molecule has 1 fully saturated rings. The van der Waals surface area contributed by atoms with Crippen molar-refractivity contribution in [1.82, 2.24) is 4.90 Å². The van der Waals surface area contributed by atoms with Crippen LogP contribution in [0.4, 0.5) is 0 Å². The van der Waals surface area contributed by atoms with Gasteiger partial charge in [-0.25, -0.2) is 0 Å². The predicted octanol–water partition coefficient (Wildman–Crippen LogP) is 1.93. The van der Waals surface area contributed by atoms with Gasteiger partial charge >= 0.3 is 0 Å². The van der Waals surface area contributed by atoms with Gasteiger partial charge in [-0.2, -0.15) is 0 Å². The molecule has 1 aromatic rings. The summed E-state index contributed by atoms with van der Waals surface area (Å²) in [7, 11) is 0. The van der Waals surface area contributed by atoms with E-state index < -0.39 is 0 Å². The highest BCUT2D eigenvalue weighted by Crippen LogP contribution is 2.25. The average Bonchev–Trinajstić information content (AvgIpc) is 2.52. The van der Waals surface area contributed by atoms with Crippen molar-refractivity contribution in [2.24, 2.45) is 5.92 Å². The fourth-order valence-corrected chi connectivity index (χ4v) is 2.76. The summed E-state index contributed by atoms with van der Waals surface area (Å²) in [6, 6.07) is 6.87. The molecule has 2 rings (SSSR count). The van der Waals surface area contributed by atoms with Crippen LogP contribution in [0.25, 0.3) is 0 Å². The standard InChI is InChI=1S/C17H21NO3/c1-3-11-21-15-8-6-14(7-9-15)17(20)18-10-4-5-13(2)16(18)12-19/h1,6-9,13,16,19H,4-5,10-12H2,2H3. The Hall–Kier alpha value is -1.99. The summed E-state index contributed by atoms with van der Waals surface area (Å²) in [5.41, 5.74) is 0.607. The number of aliphatic hydroxyl groups excluding tert-OH is 1. The normalized spacial score (nSPS) is 21.7. The van der Waals surface area contributed by atoms with Crippen molar-refractivity contribution >= 4 is 5.91 Å². The van der Waals surface area contributed by atoms with Gasteiger partial charge in [0, 0.05) is 12.1 Å². The second-order valence-electron chi connectivity index (χ2n) is 5.39. The Kier molecular flexibility index (Phi) is 5.24. The number of nitrogens with zero attached hydrogens (tertiary/aromatic N) is 1. The lowest BCUT2D eigenvalue weighted by molar-refractivity contribution is 0.0358. The minimum Gasteiger partial charge on any atom is -0.481 e. The van der Waals surface area contributed by atoms with Gasteiger partial charge in [0.15, 0.2) is 0 Å². The maximum Gasteiger partial charge on any atom is 0.254 e. The lowest BCUT2D eigenvalue weighted by Gasteiger charge is -2.39. The van der Waals surface area contributed by atoms with E-state index in [0.717, 1.165) is 12.8 Å². The van der Waals surface area contributed by atoms with Crippen LogP contribution in [0.2, 0.25) is 0 Å². The van der Waals surface area contributed by atoms with E-state index in [1.807, 2.05) is 0 Å². The number of piperidine rings is 1. The molecule has 0 radical (unpaired) electrons. The summed E-state index contributed by atoms with van der Waals surface area (Å²) >= 11 is 0. The first-order valence-electron chi connectivity index (χ1n) is 7.25. The van der Waals surface area contributed by atoms with E-state index >= 15 is 0 Å². The number of benzene rings is 1. The lowest BCUT2D eigenvalue weighted by atomic mass is 9.90. The second-order valence-corrected chi connectivity index (χ2v) is 5.39. The Balaban J connectivity index is 2.10. The van der Waals surface area contributed by atoms with Gasteiger partial charge in [-0.05, 0) is 43.0 Å². The number of amides is 1. The zero-order chi connectivity index (χ0) is 15.2. The van der Waals surface area contributed by atoms with Crippen molar-refractivity contribution in [1.29, 1.82) is 0 Å². The van der Waals surface area contributed by atoms with Crippen LogP contribution in [-0.2, 0) is 0 Å². The van der Waals surface area contributed by atoms with Crippen molar-refractivity contribution in [3.05, 3.63) is 29.8 Å². The van der Waals surface area contributed by atoms with Gasteiger partial charge in [0.05, 0.1) is 12.6 Å². The highest BCUT2D eigenvalue weighted by atomic mass is 16.5. The van der Waals surface area contributed by atoms with Crippen molar-refractivity contribution in [2.45, 2.75) is 25.8 Å². The molecule has 2 atom stereocenters. The Bertz CT molecular complexity index is 518. The molecule has 0 aliphatic carbocycles.